The molecular weight excluding hydrogens is 322 g/mol. The van der Waals surface area contributed by atoms with E-state index in [2.05, 4.69) is 58.4 Å². The van der Waals surface area contributed by atoms with Crippen molar-refractivity contribution in [1.29, 1.82) is 0 Å². The number of hydrogen-bond acceptors (Lipinski definition) is 2. The zero-order valence-electron chi connectivity index (χ0n) is 14.9. The molecule has 0 radical (unpaired) electrons. The number of nitrogens with zero attached hydrogens (tertiary/aromatic N) is 1. The first kappa shape index (κ1) is 16.9. The van der Waals surface area contributed by atoms with Gasteiger partial charge in [-0.15, -0.1) is 0 Å². The smallest absolute Gasteiger partial charge is 0.219 e. The van der Waals surface area contributed by atoms with Crippen molar-refractivity contribution in [3.63, 3.8) is 0 Å². The summed E-state index contributed by atoms with van der Waals surface area (Å²) >= 11 is 0. The Labute approximate surface area is 154 Å². The van der Waals surface area contributed by atoms with Crippen molar-refractivity contribution in [3.8, 4) is 11.1 Å². The largest absolute Gasteiger partial charge is 0.370 e. The minimum Gasteiger partial charge on any atom is -0.370 e. The molecule has 1 unspecified atom stereocenters. The van der Waals surface area contributed by atoms with Gasteiger partial charge in [-0.3, -0.25) is 9.69 Å². The summed E-state index contributed by atoms with van der Waals surface area (Å²) in [5.41, 5.74) is 10.3. The van der Waals surface area contributed by atoms with Gasteiger partial charge in [-0.05, 0) is 72.6 Å². The Morgan fingerprint density at radius 1 is 1.08 bits per heavy atom. The predicted octanol–water partition coefficient (Wildman–Crippen LogP) is 3.72. The first-order chi connectivity index (χ1) is 12.7. The van der Waals surface area contributed by atoms with Crippen LogP contribution in [0.1, 0.15) is 24.8 Å². The van der Waals surface area contributed by atoms with Gasteiger partial charge >= 0.3 is 0 Å². The Morgan fingerprint density at radius 2 is 1.88 bits per heavy atom. The summed E-state index contributed by atoms with van der Waals surface area (Å²) in [6, 6.07) is 17.5. The van der Waals surface area contributed by atoms with Gasteiger partial charge in [0.15, 0.2) is 0 Å². The topological polar surface area (TPSA) is 62.1 Å². The molecule has 0 saturated carbocycles. The van der Waals surface area contributed by atoms with Crippen LogP contribution in [0.5, 0.6) is 0 Å². The molecule has 4 rings (SSSR count). The average Bonchev–Trinajstić information content (AvgIpc) is 3.32. The van der Waals surface area contributed by atoms with Gasteiger partial charge in [0, 0.05) is 24.2 Å². The van der Waals surface area contributed by atoms with Crippen LogP contribution in [0.2, 0.25) is 0 Å². The van der Waals surface area contributed by atoms with Gasteiger partial charge in [0.05, 0.1) is 0 Å². The molecule has 1 saturated heterocycles. The number of nitrogens with two attached hydrogens (primary N) is 1. The lowest BCUT2D eigenvalue weighted by Crippen LogP contribution is -2.37. The number of aromatic nitrogens is 1. The van der Waals surface area contributed by atoms with Gasteiger partial charge in [-0.1, -0.05) is 30.3 Å². The third kappa shape index (κ3) is 3.65. The quantitative estimate of drug-likeness (QED) is 0.714. The molecule has 2 aromatic carbocycles. The minimum absolute atomic E-state index is 0.206. The molecule has 0 spiro atoms. The number of likely N-dealkylation sites (tertiary alicyclic amines) is 1. The molecule has 3 N–H and O–H groups in total. The van der Waals surface area contributed by atoms with Crippen LogP contribution in [0.3, 0.4) is 0 Å². The highest BCUT2D eigenvalue weighted by Crippen LogP contribution is 2.26. The van der Waals surface area contributed by atoms with Crippen LogP contribution in [0.25, 0.3) is 22.0 Å². The van der Waals surface area contributed by atoms with Crippen molar-refractivity contribution >= 4 is 16.8 Å². The molecular formula is C22H25N3O. The molecule has 2 heterocycles. The van der Waals surface area contributed by atoms with Gasteiger partial charge in [0.2, 0.25) is 5.91 Å². The lowest BCUT2D eigenvalue weighted by atomic mass is 9.97. The molecule has 1 aliphatic heterocycles. The first-order valence-electron chi connectivity index (χ1n) is 9.38. The fraction of sp³-hybridized carbons (Fsp3) is 0.318. The van der Waals surface area contributed by atoms with Crippen LogP contribution in [-0.4, -0.2) is 34.9 Å². The number of H-pyrrole nitrogens is 1. The van der Waals surface area contributed by atoms with E-state index in [1.54, 1.807) is 0 Å². The zero-order valence-corrected chi connectivity index (χ0v) is 14.9. The monoisotopic (exact) mass is 347 g/mol. The molecule has 1 fully saturated rings. The molecule has 4 heteroatoms. The van der Waals surface area contributed by atoms with Crippen LogP contribution in [0.15, 0.2) is 54.7 Å². The van der Waals surface area contributed by atoms with Gasteiger partial charge in [0.25, 0.3) is 0 Å². The van der Waals surface area contributed by atoms with Crippen molar-refractivity contribution in [1.82, 2.24) is 9.88 Å². The summed E-state index contributed by atoms with van der Waals surface area (Å²) in [6.45, 7) is 2.14. The number of hydrogen-bond donors (Lipinski definition) is 2. The van der Waals surface area contributed by atoms with E-state index in [1.807, 2.05) is 6.20 Å². The normalized spacial score (nSPS) is 16.2. The highest BCUT2D eigenvalue weighted by Gasteiger charge is 2.23. The van der Waals surface area contributed by atoms with Crippen molar-refractivity contribution in [2.45, 2.75) is 31.7 Å². The minimum atomic E-state index is -0.212. The van der Waals surface area contributed by atoms with Gasteiger partial charge in [-0.25, -0.2) is 0 Å². The second-order valence-corrected chi connectivity index (χ2v) is 7.25. The maximum absolute atomic E-state index is 11.5. The lowest BCUT2D eigenvalue weighted by molar-refractivity contribution is -0.119. The molecule has 26 heavy (non-hydrogen) atoms. The van der Waals surface area contributed by atoms with E-state index in [9.17, 15) is 4.79 Å². The third-order valence-electron chi connectivity index (χ3n) is 5.38. The van der Waals surface area contributed by atoms with Crippen molar-refractivity contribution in [2.75, 3.05) is 13.1 Å². The van der Waals surface area contributed by atoms with E-state index in [-0.39, 0.29) is 11.9 Å². The molecule has 0 bridgehead atoms. The Hall–Kier alpha value is -2.59. The predicted molar refractivity (Wildman–Crippen MR) is 106 cm³/mol. The molecule has 4 nitrogen and oxygen atoms in total. The summed E-state index contributed by atoms with van der Waals surface area (Å²) in [4.78, 5) is 17.2. The SMILES string of the molecule is NC(=O)CC(Cc1cccc(-c2ccc3[nH]ccc3c2)c1)N1CCCC1. The number of aromatic amines is 1. The van der Waals surface area contributed by atoms with Crippen LogP contribution in [0.4, 0.5) is 0 Å². The zero-order chi connectivity index (χ0) is 17.9. The third-order valence-corrected chi connectivity index (χ3v) is 5.38. The molecule has 134 valence electrons. The van der Waals surface area contributed by atoms with Gasteiger partial charge in [0.1, 0.15) is 0 Å². The van der Waals surface area contributed by atoms with Gasteiger partial charge < -0.3 is 10.7 Å². The Morgan fingerprint density at radius 3 is 2.69 bits per heavy atom. The average molecular weight is 347 g/mol. The number of rotatable bonds is 6. The van der Waals surface area contributed by atoms with E-state index < -0.39 is 0 Å². The van der Waals surface area contributed by atoms with Crippen LogP contribution in [-0.2, 0) is 11.2 Å². The van der Waals surface area contributed by atoms with Crippen LogP contribution >= 0.6 is 0 Å². The number of benzene rings is 2. The Bertz CT molecular complexity index is 908. The summed E-state index contributed by atoms with van der Waals surface area (Å²) in [7, 11) is 0. The van der Waals surface area contributed by atoms with Crippen LogP contribution in [0, 0.1) is 0 Å². The first-order valence-corrected chi connectivity index (χ1v) is 9.38. The number of primary amides is 1. The standard InChI is InChI=1S/C22H25N3O/c23-22(26)15-20(25-10-1-2-11-25)13-16-4-3-5-17(12-16)18-6-7-21-19(14-18)8-9-24-21/h3-9,12,14,20,24H,1-2,10-11,13,15H2,(H2,23,26). The van der Waals surface area contributed by atoms with Crippen molar-refractivity contribution < 1.29 is 4.79 Å². The number of nitrogens with one attached hydrogen (secondary N) is 1. The lowest BCUT2D eigenvalue weighted by Gasteiger charge is -2.26. The highest BCUT2D eigenvalue weighted by atomic mass is 16.1. The number of fused-ring (bicyclic) bond motifs is 1. The van der Waals surface area contributed by atoms with Crippen LogP contribution < -0.4 is 5.73 Å². The Balaban J connectivity index is 1.58. The summed E-state index contributed by atoms with van der Waals surface area (Å²) in [5, 5.41) is 1.22. The Kier molecular flexibility index (Phi) is 4.76. The maximum atomic E-state index is 11.5. The molecule has 1 aromatic heterocycles. The second-order valence-electron chi connectivity index (χ2n) is 7.25. The number of amides is 1. The highest BCUT2D eigenvalue weighted by molar-refractivity contribution is 5.85. The van der Waals surface area contributed by atoms with E-state index in [1.165, 1.54) is 34.9 Å². The molecule has 1 amide bonds. The maximum Gasteiger partial charge on any atom is 0.219 e. The van der Waals surface area contributed by atoms with E-state index in [0.717, 1.165) is 25.0 Å². The fourth-order valence-electron chi connectivity index (χ4n) is 4.05. The van der Waals surface area contributed by atoms with Crippen molar-refractivity contribution in [3.05, 3.63) is 60.3 Å². The molecule has 1 atom stereocenters. The number of carbonyl (C=O) groups is 1. The second kappa shape index (κ2) is 7.34. The van der Waals surface area contributed by atoms with E-state index in [4.69, 9.17) is 5.73 Å². The fourth-order valence-corrected chi connectivity index (χ4v) is 4.05. The van der Waals surface area contributed by atoms with E-state index >= 15 is 0 Å². The molecule has 3 aromatic rings. The molecule has 0 aliphatic carbocycles. The summed E-state index contributed by atoms with van der Waals surface area (Å²) in [5.74, 6) is -0.212. The summed E-state index contributed by atoms with van der Waals surface area (Å²) in [6.07, 6.45) is 5.69. The van der Waals surface area contributed by atoms with Crippen molar-refractivity contribution in [2.24, 2.45) is 5.73 Å². The summed E-state index contributed by atoms with van der Waals surface area (Å²) < 4.78 is 0. The van der Waals surface area contributed by atoms with Gasteiger partial charge in [-0.2, -0.15) is 0 Å². The molecule has 1 aliphatic rings. The van der Waals surface area contributed by atoms with E-state index in [0.29, 0.717) is 6.42 Å². The number of carbonyl (C=O) groups excluding carboxylic acids is 1.